The van der Waals surface area contributed by atoms with E-state index in [2.05, 4.69) is 20.4 Å². The van der Waals surface area contributed by atoms with Crippen LogP contribution in [0.15, 0.2) is 25.0 Å². The Balaban J connectivity index is -0.000000354. The van der Waals surface area contributed by atoms with Crippen molar-refractivity contribution in [2.24, 2.45) is 0 Å². The van der Waals surface area contributed by atoms with Gasteiger partial charge in [-0.25, -0.2) is 0 Å². The van der Waals surface area contributed by atoms with Crippen molar-refractivity contribution in [2.75, 3.05) is 0 Å². The van der Waals surface area contributed by atoms with Crippen LogP contribution < -0.4 is 0 Å². The van der Waals surface area contributed by atoms with Crippen LogP contribution in [0.1, 0.15) is 117 Å². The van der Waals surface area contributed by atoms with Crippen LogP contribution in [0.5, 0.6) is 0 Å². The highest BCUT2D eigenvalue weighted by Gasteiger charge is 1.89. The normalized spacial score (nSPS) is 10.1. The van der Waals surface area contributed by atoms with Crippen molar-refractivity contribution in [3.63, 3.8) is 0 Å². The average molecular weight is 343 g/mol. The Bertz CT molecular complexity index is 224. The summed E-state index contributed by atoms with van der Waals surface area (Å²) in [5.74, 6) is 0. The molecule has 0 unspecified atom stereocenters. The van der Waals surface area contributed by atoms with Gasteiger partial charge in [0, 0.05) is 0 Å². The Morgan fingerprint density at radius 2 is 1.00 bits per heavy atom. The molecule has 0 fully saturated rings. The molecule has 0 atom stereocenters. The SMILES string of the molecule is C=CCCCCCCCCCC.CCCCCCCCC=CO.O. The zero-order chi connectivity index (χ0) is 17.4. The molecule has 0 heterocycles. The van der Waals surface area contributed by atoms with E-state index in [1.54, 1.807) is 0 Å². The van der Waals surface area contributed by atoms with Gasteiger partial charge >= 0.3 is 0 Å². The van der Waals surface area contributed by atoms with E-state index >= 15 is 0 Å². The van der Waals surface area contributed by atoms with E-state index in [9.17, 15) is 0 Å². The van der Waals surface area contributed by atoms with Crippen LogP contribution in [0.25, 0.3) is 0 Å². The van der Waals surface area contributed by atoms with E-state index in [1.165, 1.54) is 96.3 Å². The van der Waals surface area contributed by atoms with Crippen LogP contribution in [-0.4, -0.2) is 10.6 Å². The van der Waals surface area contributed by atoms with Crippen molar-refractivity contribution < 1.29 is 10.6 Å². The second-order valence-electron chi connectivity index (χ2n) is 6.49. The first-order chi connectivity index (χ1) is 11.3. The minimum atomic E-state index is 0. The molecule has 0 aliphatic heterocycles. The molecular weight excluding hydrogens is 296 g/mol. The Labute approximate surface area is 152 Å². The van der Waals surface area contributed by atoms with Gasteiger partial charge in [0.05, 0.1) is 6.26 Å². The zero-order valence-electron chi connectivity index (χ0n) is 16.7. The molecule has 0 rings (SSSR count). The summed E-state index contributed by atoms with van der Waals surface area (Å²) >= 11 is 0. The van der Waals surface area contributed by atoms with Gasteiger partial charge in [-0.1, -0.05) is 103 Å². The molecule has 0 saturated heterocycles. The van der Waals surface area contributed by atoms with E-state index in [1.807, 2.05) is 12.2 Å². The molecule has 0 radical (unpaired) electrons. The number of hydrogen-bond acceptors (Lipinski definition) is 1. The van der Waals surface area contributed by atoms with Crippen LogP contribution in [0.4, 0.5) is 0 Å². The molecule has 2 nitrogen and oxygen atoms in total. The van der Waals surface area contributed by atoms with E-state index in [4.69, 9.17) is 5.11 Å². The number of rotatable bonds is 16. The smallest absolute Gasteiger partial charge is 0.0751 e. The summed E-state index contributed by atoms with van der Waals surface area (Å²) in [5, 5.41) is 8.33. The summed E-state index contributed by atoms with van der Waals surface area (Å²) in [7, 11) is 0. The van der Waals surface area contributed by atoms with Gasteiger partial charge in [0.25, 0.3) is 0 Å². The number of hydrogen-bond donors (Lipinski definition) is 1. The summed E-state index contributed by atoms with van der Waals surface area (Å²) in [4.78, 5) is 0. The molecule has 24 heavy (non-hydrogen) atoms. The molecule has 2 heteroatoms. The maximum Gasteiger partial charge on any atom is 0.0751 e. The van der Waals surface area contributed by atoms with Crippen LogP contribution in [0.2, 0.25) is 0 Å². The lowest BCUT2D eigenvalue weighted by atomic mass is 10.1. The van der Waals surface area contributed by atoms with Gasteiger partial charge < -0.3 is 10.6 Å². The largest absolute Gasteiger partial charge is 0.516 e. The Morgan fingerprint density at radius 1 is 0.625 bits per heavy atom. The summed E-state index contributed by atoms with van der Waals surface area (Å²) in [6.45, 7) is 8.22. The van der Waals surface area contributed by atoms with E-state index < -0.39 is 0 Å². The summed E-state index contributed by atoms with van der Waals surface area (Å²) < 4.78 is 0. The van der Waals surface area contributed by atoms with Crippen LogP contribution >= 0.6 is 0 Å². The first-order valence-electron chi connectivity index (χ1n) is 10.2. The molecule has 0 saturated carbocycles. The molecule has 0 aliphatic rings. The summed E-state index contributed by atoms with van der Waals surface area (Å²) in [6.07, 6.45) is 26.5. The predicted molar refractivity (Wildman–Crippen MR) is 111 cm³/mol. The third-order valence-corrected chi connectivity index (χ3v) is 4.09. The quantitative estimate of drug-likeness (QED) is 0.174. The number of unbranched alkanes of at least 4 members (excludes halogenated alkanes) is 14. The second-order valence-corrected chi connectivity index (χ2v) is 6.49. The van der Waals surface area contributed by atoms with Crippen LogP contribution in [-0.2, 0) is 0 Å². The fraction of sp³-hybridized carbons (Fsp3) is 0.818. The zero-order valence-corrected chi connectivity index (χ0v) is 16.7. The van der Waals surface area contributed by atoms with Crippen molar-refractivity contribution in [1.82, 2.24) is 0 Å². The highest BCUT2D eigenvalue weighted by Crippen LogP contribution is 2.09. The maximum atomic E-state index is 8.33. The van der Waals surface area contributed by atoms with E-state index in [0.717, 1.165) is 12.7 Å². The molecule has 0 amide bonds. The monoisotopic (exact) mass is 342 g/mol. The van der Waals surface area contributed by atoms with Gasteiger partial charge in [0.2, 0.25) is 0 Å². The lowest BCUT2D eigenvalue weighted by molar-refractivity contribution is 0.469. The molecule has 3 N–H and O–H groups in total. The highest BCUT2D eigenvalue weighted by atomic mass is 16.2. The summed E-state index contributed by atoms with van der Waals surface area (Å²) in [6, 6.07) is 0. The molecule has 0 spiro atoms. The number of aliphatic hydroxyl groups is 1. The predicted octanol–water partition coefficient (Wildman–Crippen LogP) is 7.69. The number of aliphatic hydroxyl groups excluding tert-OH is 1. The molecule has 0 aliphatic carbocycles. The minimum Gasteiger partial charge on any atom is -0.516 e. The fourth-order valence-corrected chi connectivity index (χ4v) is 2.54. The second kappa shape index (κ2) is 30.2. The molecule has 0 aromatic carbocycles. The van der Waals surface area contributed by atoms with Crippen molar-refractivity contribution in [1.29, 1.82) is 0 Å². The Kier molecular flexibility index (Phi) is 35.3. The first-order valence-corrected chi connectivity index (χ1v) is 10.2. The van der Waals surface area contributed by atoms with Gasteiger partial charge in [-0.15, -0.1) is 6.58 Å². The van der Waals surface area contributed by atoms with Crippen molar-refractivity contribution in [2.45, 2.75) is 117 Å². The number of allylic oxidation sites excluding steroid dienone is 2. The lowest BCUT2D eigenvalue weighted by Crippen LogP contribution is -1.79. The summed E-state index contributed by atoms with van der Waals surface area (Å²) in [5.41, 5.74) is 0. The Morgan fingerprint density at radius 3 is 1.38 bits per heavy atom. The van der Waals surface area contributed by atoms with Gasteiger partial charge in [-0.2, -0.15) is 0 Å². The fourth-order valence-electron chi connectivity index (χ4n) is 2.54. The van der Waals surface area contributed by atoms with Crippen molar-refractivity contribution >= 4 is 0 Å². The van der Waals surface area contributed by atoms with Gasteiger partial charge in [-0.3, -0.25) is 0 Å². The molecule has 0 aromatic heterocycles. The van der Waals surface area contributed by atoms with Crippen LogP contribution in [0, 0.1) is 0 Å². The lowest BCUT2D eigenvalue weighted by Gasteiger charge is -1.99. The van der Waals surface area contributed by atoms with Crippen molar-refractivity contribution in [3.8, 4) is 0 Å². The third kappa shape index (κ3) is 33.0. The third-order valence-electron chi connectivity index (χ3n) is 4.09. The van der Waals surface area contributed by atoms with Crippen LogP contribution in [0.3, 0.4) is 0 Å². The van der Waals surface area contributed by atoms with E-state index in [0.29, 0.717) is 0 Å². The standard InChI is InChI=1S/C12H24.C10H20O.H2O/c1-3-5-7-9-11-12-10-8-6-4-2;1-2-3-4-5-6-7-8-9-10-11;/h3H,1,4-12H2,2H3;9-11H,2-8H2,1H3;1H2. The van der Waals surface area contributed by atoms with Gasteiger partial charge in [-0.05, 0) is 25.7 Å². The minimum absolute atomic E-state index is 0. The highest BCUT2D eigenvalue weighted by molar-refractivity contribution is 4.70. The van der Waals surface area contributed by atoms with Crippen molar-refractivity contribution in [3.05, 3.63) is 25.0 Å². The average Bonchev–Trinajstić information content (AvgIpc) is 2.57. The molecular formula is C22H46O2. The van der Waals surface area contributed by atoms with E-state index in [-0.39, 0.29) is 5.48 Å². The maximum absolute atomic E-state index is 8.33. The topological polar surface area (TPSA) is 51.7 Å². The Hall–Kier alpha value is -0.760. The van der Waals surface area contributed by atoms with Gasteiger partial charge in [0.15, 0.2) is 0 Å². The first kappa shape index (κ1) is 28.1. The molecule has 146 valence electrons. The molecule has 0 bridgehead atoms. The molecule has 0 aromatic rings. The van der Waals surface area contributed by atoms with Gasteiger partial charge in [0.1, 0.15) is 0 Å².